The highest BCUT2D eigenvalue weighted by molar-refractivity contribution is 7.99. The van der Waals surface area contributed by atoms with Crippen molar-refractivity contribution >= 4 is 54.7 Å². The van der Waals surface area contributed by atoms with E-state index in [9.17, 15) is 45.7 Å². The van der Waals surface area contributed by atoms with Crippen molar-refractivity contribution in [2.45, 2.75) is 62.1 Å². The van der Waals surface area contributed by atoms with E-state index in [0.717, 1.165) is 9.13 Å². The van der Waals surface area contributed by atoms with Gasteiger partial charge in [-0.2, -0.15) is 27.1 Å². The number of pyridine rings is 2. The summed E-state index contributed by atoms with van der Waals surface area (Å²) in [5.74, 6) is -3.00. The number of aromatic nitrogens is 2. The van der Waals surface area contributed by atoms with E-state index in [-0.39, 0.29) is 46.7 Å². The lowest BCUT2D eigenvalue weighted by Crippen LogP contribution is -2.22. The molecule has 19 heteroatoms. The first-order chi connectivity index (χ1) is 22.9. The van der Waals surface area contributed by atoms with Gasteiger partial charge in [-0.1, -0.05) is 23.9 Å². The van der Waals surface area contributed by atoms with Crippen LogP contribution in [-0.2, 0) is 44.8 Å². The predicted octanol–water partition coefficient (Wildman–Crippen LogP) is 5.84. The Kier molecular flexibility index (Phi) is 11.2. The minimum atomic E-state index is -4.53. The fourth-order valence-electron chi connectivity index (χ4n) is 4.82. The monoisotopic (exact) mass is 732 g/mol. The molecule has 260 valence electrons. The molecule has 4 aromatic rings. The maximum atomic E-state index is 13.0. The first kappa shape index (κ1) is 37.1. The van der Waals surface area contributed by atoms with Gasteiger partial charge in [0, 0.05) is 34.0 Å². The summed E-state index contributed by atoms with van der Waals surface area (Å²) in [4.78, 5) is 27.4. The van der Waals surface area contributed by atoms with Gasteiger partial charge in [0.05, 0.1) is 11.4 Å². The minimum absolute atomic E-state index is 0.0110. The van der Waals surface area contributed by atoms with Gasteiger partial charge in [-0.15, -0.1) is 10.2 Å². The Morgan fingerprint density at radius 3 is 1.35 bits per heavy atom. The maximum absolute atomic E-state index is 13.0. The summed E-state index contributed by atoms with van der Waals surface area (Å²) in [5.41, 5.74) is -1.32. The Bertz CT molecular complexity index is 2170. The molecule has 0 aliphatic rings. The van der Waals surface area contributed by atoms with Gasteiger partial charge in [-0.05, 0) is 75.2 Å². The average molecular weight is 733 g/mol. The zero-order valence-electron chi connectivity index (χ0n) is 26.6. The number of aromatic hydroxyl groups is 2. The standard InChI is InChI=1S/C30H32N6O10S3/c1-5-35-27(37)23(15-48(41,42)43)17(3)25(29(35)39)33-31-19-9-7-11-21(13-19)47-22-12-8-10-20(14-22)32-34-26-18(4)24(16-49(44,45)46)28(38)36(6-2)30(26)40/h7-14,37-38H,5-6,15-16H2,1-4H3,(H,41,42,43)(H,44,45,46). The third-order valence-corrected chi connectivity index (χ3v) is 9.54. The van der Waals surface area contributed by atoms with Gasteiger partial charge in [0.25, 0.3) is 31.4 Å². The van der Waals surface area contributed by atoms with Crippen LogP contribution in [0.4, 0.5) is 22.7 Å². The topological polar surface area (TPSA) is 243 Å². The Labute approximate surface area is 285 Å². The lowest BCUT2D eigenvalue weighted by Gasteiger charge is -2.14. The van der Waals surface area contributed by atoms with E-state index in [4.69, 9.17) is 0 Å². The SMILES string of the molecule is CCn1c(O)c(CS(=O)(=O)O)c(C)c(N=Nc2cccc(Sc3cccc(N=Nc4c(C)c(CS(=O)(=O)O)c(O)n(CC)c4=O)c3)c2)c1=O. The molecule has 0 fully saturated rings. The van der Waals surface area contributed by atoms with E-state index in [0.29, 0.717) is 21.2 Å². The summed E-state index contributed by atoms with van der Waals surface area (Å²) in [5, 5.41) is 37.4. The second-order valence-corrected chi connectivity index (χ2v) is 14.7. The Morgan fingerprint density at radius 2 is 1.02 bits per heavy atom. The molecule has 2 aromatic heterocycles. The molecule has 0 aliphatic heterocycles. The molecule has 16 nitrogen and oxygen atoms in total. The highest BCUT2D eigenvalue weighted by Gasteiger charge is 2.23. The number of benzene rings is 2. The molecule has 0 atom stereocenters. The summed E-state index contributed by atoms with van der Waals surface area (Å²) >= 11 is 1.32. The van der Waals surface area contributed by atoms with Crippen molar-refractivity contribution in [3.05, 3.63) is 91.5 Å². The van der Waals surface area contributed by atoms with Gasteiger partial charge in [-0.25, -0.2) is 0 Å². The number of rotatable bonds is 12. The summed E-state index contributed by atoms with van der Waals surface area (Å²) in [6.07, 6.45) is 0. The molecule has 2 heterocycles. The lowest BCUT2D eigenvalue weighted by molar-refractivity contribution is 0.403. The first-order valence-corrected chi connectivity index (χ1v) is 18.5. The van der Waals surface area contributed by atoms with Crippen molar-refractivity contribution in [3.63, 3.8) is 0 Å². The fraction of sp³-hybridized carbons (Fsp3) is 0.267. The fourth-order valence-corrected chi connectivity index (χ4v) is 7.16. The van der Waals surface area contributed by atoms with Crippen LogP contribution in [-0.4, -0.2) is 45.3 Å². The van der Waals surface area contributed by atoms with E-state index in [1.54, 1.807) is 62.4 Å². The minimum Gasteiger partial charge on any atom is -0.494 e. The van der Waals surface area contributed by atoms with E-state index < -0.39 is 54.6 Å². The molecule has 0 spiro atoms. The third-order valence-electron chi connectivity index (χ3n) is 7.25. The first-order valence-electron chi connectivity index (χ1n) is 14.5. The highest BCUT2D eigenvalue weighted by Crippen LogP contribution is 2.34. The van der Waals surface area contributed by atoms with Gasteiger partial charge >= 0.3 is 0 Å². The van der Waals surface area contributed by atoms with E-state index in [1.165, 1.54) is 25.6 Å². The number of nitrogens with zero attached hydrogens (tertiary/aromatic N) is 6. The Balaban J connectivity index is 1.63. The smallest absolute Gasteiger partial charge is 0.281 e. The van der Waals surface area contributed by atoms with Crippen LogP contribution in [0.3, 0.4) is 0 Å². The van der Waals surface area contributed by atoms with Crippen LogP contribution in [0, 0.1) is 13.8 Å². The van der Waals surface area contributed by atoms with Crippen LogP contribution in [0.25, 0.3) is 0 Å². The van der Waals surface area contributed by atoms with Crippen molar-refractivity contribution in [1.29, 1.82) is 0 Å². The van der Waals surface area contributed by atoms with Crippen LogP contribution in [0.5, 0.6) is 11.8 Å². The Hall–Kier alpha value is -4.69. The van der Waals surface area contributed by atoms with Crippen molar-refractivity contribution in [2.24, 2.45) is 20.5 Å². The summed E-state index contributed by atoms with van der Waals surface area (Å²) in [7, 11) is -9.06. The summed E-state index contributed by atoms with van der Waals surface area (Å²) in [6, 6.07) is 13.6. The Morgan fingerprint density at radius 1 is 0.653 bits per heavy atom. The van der Waals surface area contributed by atoms with Crippen LogP contribution >= 0.6 is 11.8 Å². The maximum Gasteiger partial charge on any atom is 0.281 e. The predicted molar refractivity (Wildman–Crippen MR) is 181 cm³/mol. The molecule has 0 saturated carbocycles. The van der Waals surface area contributed by atoms with Gasteiger partial charge in [-0.3, -0.25) is 27.8 Å². The van der Waals surface area contributed by atoms with Gasteiger partial charge < -0.3 is 10.2 Å². The van der Waals surface area contributed by atoms with E-state index >= 15 is 0 Å². The third kappa shape index (κ3) is 8.86. The highest BCUT2D eigenvalue weighted by atomic mass is 32.2. The normalized spacial score (nSPS) is 12.4. The molecule has 2 aromatic carbocycles. The molecular weight excluding hydrogens is 701 g/mol. The van der Waals surface area contributed by atoms with Crippen molar-refractivity contribution in [3.8, 4) is 11.8 Å². The summed E-state index contributed by atoms with van der Waals surface area (Å²) < 4.78 is 66.8. The van der Waals surface area contributed by atoms with Crippen LogP contribution in [0.1, 0.15) is 36.1 Å². The molecule has 4 N–H and O–H groups in total. The quantitative estimate of drug-likeness (QED) is 0.0996. The number of hydrogen-bond donors (Lipinski definition) is 4. The van der Waals surface area contributed by atoms with Crippen LogP contribution in [0.2, 0.25) is 0 Å². The molecular formula is C30H32N6O10S3. The van der Waals surface area contributed by atoms with Crippen molar-refractivity contribution < 1.29 is 36.2 Å². The van der Waals surface area contributed by atoms with Crippen LogP contribution in [0.15, 0.2) is 88.4 Å². The molecule has 0 unspecified atom stereocenters. The zero-order valence-corrected chi connectivity index (χ0v) is 29.0. The molecule has 0 bridgehead atoms. The van der Waals surface area contributed by atoms with Gasteiger partial charge in [0.2, 0.25) is 0 Å². The second-order valence-electron chi connectivity index (χ2n) is 10.6. The largest absolute Gasteiger partial charge is 0.494 e. The second kappa shape index (κ2) is 14.8. The van der Waals surface area contributed by atoms with Crippen molar-refractivity contribution in [2.75, 3.05) is 0 Å². The molecule has 0 radical (unpaired) electrons. The van der Waals surface area contributed by atoms with Gasteiger partial charge in [0.1, 0.15) is 11.5 Å². The average Bonchev–Trinajstić information content (AvgIpc) is 3.01. The number of hydrogen-bond acceptors (Lipinski definition) is 13. The molecule has 49 heavy (non-hydrogen) atoms. The van der Waals surface area contributed by atoms with Crippen molar-refractivity contribution in [1.82, 2.24) is 9.13 Å². The van der Waals surface area contributed by atoms with E-state index in [1.807, 2.05) is 0 Å². The molecule has 4 rings (SSSR count). The van der Waals surface area contributed by atoms with Gasteiger partial charge in [0.15, 0.2) is 23.1 Å². The number of azo groups is 2. The molecule has 0 saturated heterocycles. The molecule has 0 amide bonds. The molecule has 0 aliphatic carbocycles. The zero-order chi connectivity index (χ0) is 36.3. The van der Waals surface area contributed by atoms with E-state index in [2.05, 4.69) is 20.5 Å². The lowest BCUT2D eigenvalue weighted by atomic mass is 10.1. The van der Waals surface area contributed by atoms with Crippen LogP contribution < -0.4 is 11.1 Å². The summed E-state index contributed by atoms with van der Waals surface area (Å²) in [6.45, 7) is 5.97.